The zero-order valence-electron chi connectivity index (χ0n) is 21.3. The van der Waals surface area contributed by atoms with Gasteiger partial charge in [-0.2, -0.15) is 4.37 Å². The molecule has 0 bridgehead atoms. The van der Waals surface area contributed by atoms with Crippen LogP contribution in [0.4, 0.5) is 5.69 Å². The normalized spacial score (nSPS) is 14.1. The van der Waals surface area contributed by atoms with Crippen molar-refractivity contribution in [1.29, 1.82) is 0 Å². The molecular formula is C27H29Cl2N3O5S. The van der Waals surface area contributed by atoms with Crippen LogP contribution in [-0.2, 0) is 4.79 Å². The summed E-state index contributed by atoms with van der Waals surface area (Å²) in [5.74, 6) is 0.631. The summed E-state index contributed by atoms with van der Waals surface area (Å²) in [6.45, 7) is 2.40. The molecule has 0 saturated heterocycles. The predicted molar refractivity (Wildman–Crippen MR) is 149 cm³/mol. The number of benzene rings is 2. The van der Waals surface area contributed by atoms with Gasteiger partial charge in [0.15, 0.2) is 5.69 Å². The lowest BCUT2D eigenvalue weighted by Crippen LogP contribution is -2.46. The highest BCUT2D eigenvalue weighted by molar-refractivity contribution is 7.11. The molecule has 1 fully saturated rings. The number of hydrogen-bond acceptors (Lipinski definition) is 7. The maximum absolute atomic E-state index is 14.1. The van der Waals surface area contributed by atoms with Gasteiger partial charge in [0, 0.05) is 24.2 Å². The van der Waals surface area contributed by atoms with Gasteiger partial charge in [-0.15, -0.1) is 0 Å². The molecular weight excluding hydrogens is 549 g/mol. The van der Waals surface area contributed by atoms with E-state index in [4.69, 9.17) is 37.4 Å². The van der Waals surface area contributed by atoms with E-state index in [1.807, 2.05) is 6.92 Å². The molecule has 8 nitrogen and oxygen atoms in total. The van der Waals surface area contributed by atoms with Crippen molar-refractivity contribution in [1.82, 2.24) is 9.69 Å². The Labute approximate surface area is 236 Å². The van der Waals surface area contributed by atoms with E-state index < -0.39 is 11.9 Å². The van der Waals surface area contributed by atoms with Crippen molar-refractivity contribution in [2.24, 2.45) is 0 Å². The average Bonchev–Trinajstić information content (AvgIpc) is 3.56. The van der Waals surface area contributed by atoms with Crippen LogP contribution < -0.4 is 24.4 Å². The van der Waals surface area contributed by atoms with Crippen molar-refractivity contribution in [2.75, 3.05) is 25.7 Å². The number of aromatic nitrogens is 1. The van der Waals surface area contributed by atoms with E-state index in [1.54, 1.807) is 42.5 Å². The maximum Gasteiger partial charge on any atom is 0.280 e. The number of amides is 2. The van der Waals surface area contributed by atoms with Crippen LogP contribution in [0.1, 0.15) is 54.7 Å². The molecule has 38 heavy (non-hydrogen) atoms. The number of nitrogens with zero attached hydrogens (tertiary/aromatic N) is 2. The Hall–Kier alpha value is -3.01. The topological polar surface area (TPSA) is 90.0 Å². The van der Waals surface area contributed by atoms with Crippen molar-refractivity contribution in [3.63, 3.8) is 0 Å². The van der Waals surface area contributed by atoms with Gasteiger partial charge in [0.1, 0.15) is 32.6 Å². The Morgan fingerprint density at radius 2 is 1.68 bits per heavy atom. The van der Waals surface area contributed by atoms with Gasteiger partial charge in [-0.1, -0.05) is 48.2 Å². The number of hydrogen-bond donors (Lipinski definition) is 1. The standard InChI is InChI=1S/C27H29Cl2N3O5S/c1-4-37-19-11-9-16(10-12-19)24(26(33)30-17-7-5-6-8-17)32(27(34)23-22(28)25(29)38-31-23)18-13-20(35-2)15-21(14-18)36-3/h9-15,17,24H,4-8H2,1-3H3,(H,30,33)/t24-/m0/s1. The second kappa shape index (κ2) is 12.7. The lowest BCUT2D eigenvalue weighted by Gasteiger charge is -2.32. The fourth-order valence-electron chi connectivity index (χ4n) is 4.50. The largest absolute Gasteiger partial charge is 0.497 e. The fraction of sp³-hybridized carbons (Fsp3) is 0.370. The van der Waals surface area contributed by atoms with Crippen LogP contribution in [0.3, 0.4) is 0 Å². The van der Waals surface area contributed by atoms with Crippen LogP contribution in [0.25, 0.3) is 0 Å². The van der Waals surface area contributed by atoms with Crippen LogP contribution in [0.15, 0.2) is 42.5 Å². The summed E-state index contributed by atoms with van der Waals surface area (Å²) in [6.07, 6.45) is 3.86. The quantitative estimate of drug-likeness (QED) is 0.303. The number of halogens is 2. The molecule has 0 aliphatic heterocycles. The van der Waals surface area contributed by atoms with E-state index in [2.05, 4.69) is 9.69 Å². The molecule has 1 heterocycles. The Morgan fingerprint density at radius 1 is 1.05 bits per heavy atom. The first-order valence-electron chi connectivity index (χ1n) is 12.3. The monoisotopic (exact) mass is 577 g/mol. The summed E-state index contributed by atoms with van der Waals surface area (Å²) < 4.78 is 20.9. The zero-order valence-corrected chi connectivity index (χ0v) is 23.7. The molecule has 2 aromatic carbocycles. The molecule has 1 saturated carbocycles. The smallest absolute Gasteiger partial charge is 0.280 e. The highest BCUT2D eigenvalue weighted by Gasteiger charge is 2.37. The third-order valence-corrected chi connectivity index (χ3v) is 7.96. The van der Waals surface area contributed by atoms with E-state index >= 15 is 0 Å². The summed E-state index contributed by atoms with van der Waals surface area (Å²) in [7, 11) is 3.02. The first-order chi connectivity index (χ1) is 18.4. The van der Waals surface area contributed by atoms with E-state index in [1.165, 1.54) is 19.1 Å². The highest BCUT2D eigenvalue weighted by Crippen LogP contribution is 2.38. The number of carbonyl (C=O) groups excluding carboxylic acids is 2. The number of anilines is 1. The molecule has 0 spiro atoms. The predicted octanol–water partition coefficient (Wildman–Crippen LogP) is 6.31. The summed E-state index contributed by atoms with van der Waals surface area (Å²) in [4.78, 5) is 29.5. The summed E-state index contributed by atoms with van der Waals surface area (Å²) in [5.41, 5.74) is 0.899. The highest BCUT2D eigenvalue weighted by atomic mass is 35.5. The third kappa shape index (κ3) is 6.17. The van der Waals surface area contributed by atoms with Crippen molar-refractivity contribution in [2.45, 2.75) is 44.7 Å². The lowest BCUT2D eigenvalue weighted by atomic mass is 10.0. The molecule has 1 atom stereocenters. The minimum atomic E-state index is -1.06. The first-order valence-corrected chi connectivity index (χ1v) is 13.8. The summed E-state index contributed by atoms with van der Waals surface area (Å²) >= 11 is 13.4. The van der Waals surface area contributed by atoms with Crippen molar-refractivity contribution >= 4 is 52.2 Å². The number of rotatable bonds is 10. The molecule has 1 N–H and O–H groups in total. The Balaban J connectivity index is 1.88. The van der Waals surface area contributed by atoms with Crippen LogP contribution >= 0.6 is 34.7 Å². The molecule has 2 amide bonds. The minimum Gasteiger partial charge on any atom is -0.497 e. The van der Waals surface area contributed by atoms with Crippen LogP contribution in [0.2, 0.25) is 9.36 Å². The molecule has 1 aliphatic rings. The van der Waals surface area contributed by atoms with Gasteiger partial charge in [0.25, 0.3) is 5.91 Å². The molecule has 11 heteroatoms. The first kappa shape index (κ1) is 28.0. The van der Waals surface area contributed by atoms with Crippen LogP contribution in [0, 0.1) is 0 Å². The number of nitrogens with one attached hydrogen (secondary N) is 1. The van der Waals surface area contributed by atoms with Gasteiger partial charge >= 0.3 is 0 Å². The van der Waals surface area contributed by atoms with Gasteiger partial charge in [0.2, 0.25) is 5.91 Å². The minimum absolute atomic E-state index is 0.0294. The van der Waals surface area contributed by atoms with Gasteiger partial charge in [0.05, 0.1) is 26.5 Å². The molecule has 1 aliphatic carbocycles. The fourth-order valence-corrected chi connectivity index (χ4v) is 5.49. The van der Waals surface area contributed by atoms with E-state index in [9.17, 15) is 9.59 Å². The van der Waals surface area contributed by atoms with Crippen molar-refractivity contribution < 1.29 is 23.8 Å². The Kier molecular flexibility index (Phi) is 9.35. The van der Waals surface area contributed by atoms with Gasteiger partial charge in [-0.05, 0) is 49.0 Å². The van der Waals surface area contributed by atoms with E-state index in [0.29, 0.717) is 35.1 Å². The van der Waals surface area contributed by atoms with E-state index in [0.717, 1.165) is 37.2 Å². The Bertz CT molecular complexity index is 1260. The molecule has 4 rings (SSSR count). The third-order valence-electron chi connectivity index (χ3n) is 6.35. The summed E-state index contributed by atoms with van der Waals surface area (Å²) in [5, 5.41) is 3.18. The van der Waals surface area contributed by atoms with Gasteiger partial charge < -0.3 is 19.5 Å². The number of carbonyl (C=O) groups is 2. The van der Waals surface area contributed by atoms with Crippen molar-refractivity contribution in [3.05, 3.63) is 63.1 Å². The Morgan fingerprint density at radius 3 is 2.21 bits per heavy atom. The van der Waals surface area contributed by atoms with Crippen LogP contribution in [-0.4, -0.2) is 43.1 Å². The molecule has 1 aromatic heterocycles. The summed E-state index contributed by atoms with van der Waals surface area (Å²) in [6, 6.07) is 11.1. The van der Waals surface area contributed by atoms with Gasteiger partial charge in [-0.25, -0.2) is 0 Å². The van der Waals surface area contributed by atoms with Crippen LogP contribution in [0.5, 0.6) is 17.2 Å². The number of methoxy groups -OCH3 is 2. The second-order valence-electron chi connectivity index (χ2n) is 8.76. The maximum atomic E-state index is 14.1. The second-order valence-corrected chi connectivity index (χ2v) is 10.5. The molecule has 0 unspecified atom stereocenters. The molecule has 0 radical (unpaired) electrons. The molecule has 3 aromatic rings. The van der Waals surface area contributed by atoms with Gasteiger partial charge in [-0.3, -0.25) is 14.5 Å². The van der Waals surface area contributed by atoms with Crippen molar-refractivity contribution in [3.8, 4) is 17.2 Å². The number of ether oxygens (including phenoxy) is 3. The van der Waals surface area contributed by atoms with E-state index in [-0.39, 0.29) is 27.0 Å². The SMILES string of the molecule is CCOc1ccc([C@@H](C(=O)NC2CCCC2)N(C(=O)c2nsc(Cl)c2Cl)c2cc(OC)cc(OC)c2)cc1. The zero-order chi connectivity index (χ0) is 27.2. The lowest BCUT2D eigenvalue weighted by molar-refractivity contribution is -0.123. The average molecular weight is 579 g/mol. The molecule has 202 valence electrons.